The lowest BCUT2D eigenvalue weighted by atomic mass is 9.94. The SMILES string of the molecule is Cl.Cl.N=C(N)c1ccc2oc(CC(C(=O)O)c3ccc(OC[C@@H]4CCCN4)cc3)cc2c1. The number of carboxylic acid groups (broad SMARTS) is 1. The molecule has 172 valence electrons. The van der Waals surface area contributed by atoms with Crippen LogP contribution in [0.2, 0.25) is 0 Å². The van der Waals surface area contributed by atoms with E-state index < -0.39 is 11.9 Å². The maximum Gasteiger partial charge on any atom is 0.311 e. The van der Waals surface area contributed by atoms with Gasteiger partial charge in [0.2, 0.25) is 0 Å². The first-order valence-electron chi connectivity index (χ1n) is 10.1. The van der Waals surface area contributed by atoms with Crippen LogP contribution in [0.3, 0.4) is 0 Å². The molecule has 2 atom stereocenters. The minimum absolute atomic E-state index is 0. The third-order valence-corrected chi connectivity index (χ3v) is 5.48. The van der Waals surface area contributed by atoms with Crippen molar-refractivity contribution in [2.45, 2.75) is 31.2 Å². The summed E-state index contributed by atoms with van der Waals surface area (Å²) in [5.74, 6) is -0.357. The molecule has 3 aromatic rings. The van der Waals surface area contributed by atoms with Gasteiger partial charge in [-0.1, -0.05) is 12.1 Å². The number of carbonyl (C=O) groups is 1. The van der Waals surface area contributed by atoms with E-state index in [1.807, 2.05) is 18.2 Å². The average Bonchev–Trinajstić information content (AvgIpc) is 3.39. The third-order valence-electron chi connectivity index (χ3n) is 5.48. The van der Waals surface area contributed by atoms with Crippen molar-refractivity contribution in [1.29, 1.82) is 5.41 Å². The van der Waals surface area contributed by atoms with Gasteiger partial charge in [-0.15, -0.1) is 24.8 Å². The quantitative estimate of drug-likeness (QED) is 0.285. The standard InChI is InChI=1S/C23H25N3O4.2ClH/c24-22(25)15-5-8-21-16(10-15)11-19(30-21)12-20(23(27)28)14-3-6-18(7-4-14)29-13-17-2-1-9-26-17;;/h3-8,10-11,17,20,26H,1-2,9,12-13H2,(H3,24,25)(H,27,28);2*1H/t17-,20?;;/m0../s1. The summed E-state index contributed by atoms with van der Waals surface area (Å²) in [6.07, 6.45) is 2.52. The molecule has 1 aliphatic rings. The molecule has 32 heavy (non-hydrogen) atoms. The molecule has 1 aliphatic heterocycles. The number of nitrogens with one attached hydrogen (secondary N) is 2. The molecule has 2 aromatic carbocycles. The normalized spacial score (nSPS) is 16.1. The maximum atomic E-state index is 11.9. The second-order valence-corrected chi connectivity index (χ2v) is 7.65. The Kier molecular flexibility index (Phi) is 8.95. The summed E-state index contributed by atoms with van der Waals surface area (Å²) in [5.41, 5.74) is 7.48. The summed E-state index contributed by atoms with van der Waals surface area (Å²) in [4.78, 5) is 11.9. The molecule has 0 bridgehead atoms. The van der Waals surface area contributed by atoms with Crippen LogP contribution in [0.15, 0.2) is 52.9 Å². The number of fused-ring (bicyclic) bond motifs is 1. The Bertz CT molecular complexity index is 1060. The van der Waals surface area contributed by atoms with Crippen LogP contribution in [-0.4, -0.2) is 36.1 Å². The third kappa shape index (κ3) is 5.94. The molecule has 0 spiro atoms. The molecule has 1 saturated heterocycles. The lowest BCUT2D eigenvalue weighted by Crippen LogP contribution is -2.28. The zero-order chi connectivity index (χ0) is 21.1. The van der Waals surface area contributed by atoms with Crippen molar-refractivity contribution in [2.24, 2.45) is 5.73 Å². The van der Waals surface area contributed by atoms with Crippen molar-refractivity contribution in [3.05, 3.63) is 65.4 Å². The van der Waals surface area contributed by atoms with Crippen molar-refractivity contribution in [2.75, 3.05) is 13.2 Å². The molecule has 2 heterocycles. The van der Waals surface area contributed by atoms with Crippen LogP contribution >= 0.6 is 24.8 Å². The second-order valence-electron chi connectivity index (χ2n) is 7.65. The molecule has 0 aliphatic carbocycles. The molecule has 0 amide bonds. The number of hydrogen-bond acceptors (Lipinski definition) is 5. The number of benzene rings is 2. The molecule has 7 nitrogen and oxygen atoms in total. The molecule has 1 aromatic heterocycles. The predicted octanol–water partition coefficient (Wildman–Crippen LogP) is 4.10. The van der Waals surface area contributed by atoms with Gasteiger partial charge < -0.3 is 25.3 Å². The fraction of sp³-hybridized carbons (Fsp3) is 0.304. The summed E-state index contributed by atoms with van der Waals surface area (Å²) in [7, 11) is 0. The van der Waals surface area contributed by atoms with E-state index in [1.54, 1.807) is 30.3 Å². The number of carboxylic acids is 1. The van der Waals surface area contributed by atoms with Crippen LogP contribution in [0.25, 0.3) is 11.0 Å². The topological polar surface area (TPSA) is 122 Å². The van der Waals surface area contributed by atoms with Crippen molar-refractivity contribution in [3.8, 4) is 5.75 Å². The monoisotopic (exact) mass is 479 g/mol. The van der Waals surface area contributed by atoms with Crippen LogP contribution in [-0.2, 0) is 11.2 Å². The number of amidine groups is 1. The summed E-state index contributed by atoms with van der Waals surface area (Å²) >= 11 is 0. The van der Waals surface area contributed by atoms with Gasteiger partial charge in [0, 0.05) is 23.4 Å². The molecule has 9 heteroatoms. The highest BCUT2D eigenvalue weighted by molar-refractivity contribution is 5.98. The smallest absolute Gasteiger partial charge is 0.311 e. The molecule has 4 rings (SSSR count). The van der Waals surface area contributed by atoms with Gasteiger partial charge in [-0.25, -0.2) is 0 Å². The van der Waals surface area contributed by atoms with Crippen molar-refractivity contribution >= 4 is 47.6 Å². The number of halogens is 2. The van der Waals surface area contributed by atoms with Gasteiger partial charge >= 0.3 is 5.97 Å². The van der Waals surface area contributed by atoms with E-state index in [9.17, 15) is 9.90 Å². The lowest BCUT2D eigenvalue weighted by molar-refractivity contribution is -0.138. The number of furan rings is 1. The molecular formula is C23H27Cl2N3O4. The van der Waals surface area contributed by atoms with Crippen LogP contribution in [0.1, 0.15) is 35.6 Å². The summed E-state index contributed by atoms with van der Waals surface area (Å²) < 4.78 is 11.6. The average molecular weight is 480 g/mol. The number of rotatable bonds is 8. The largest absolute Gasteiger partial charge is 0.492 e. The minimum atomic E-state index is -0.913. The van der Waals surface area contributed by atoms with Crippen molar-refractivity contribution in [3.63, 3.8) is 0 Å². The van der Waals surface area contributed by atoms with Gasteiger partial charge in [-0.05, 0) is 61.3 Å². The Morgan fingerprint density at radius 3 is 2.59 bits per heavy atom. The molecule has 5 N–H and O–H groups in total. The molecule has 1 fully saturated rings. The highest BCUT2D eigenvalue weighted by Crippen LogP contribution is 2.28. The highest BCUT2D eigenvalue weighted by Gasteiger charge is 2.23. The maximum absolute atomic E-state index is 11.9. The van der Waals surface area contributed by atoms with Gasteiger partial charge in [-0.2, -0.15) is 0 Å². The number of aliphatic carboxylic acids is 1. The van der Waals surface area contributed by atoms with E-state index in [2.05, 4.69) is 5.32 Å². The fourth-order valence-corrected chi connectivity index (χ4v) is 3.81. The Hall–Kier alpha value is -2.74. The van der Waals surface area contributed by atoms with Crippen LogP contribution in [0, 0.1) is 5.41 Å². The zero-order valence-corrected chi connectivity index (χ0v) is 19.0. The minimum Gasteiger partial charge on any atom is -0.492 e. The van der Waals surface area contributed by atoms with Crippen LogP contribution in [0.5, 0.6) is 5.75 Å². The highest BCUT2D eigenvalue weighted by atomic mass is 35.5. The first kappa shape index (κ1) is 25.5. The zero-order valence-electron chi connectivity index (χ0n) is 17.4. The Balaban J connectivity index is 0.00000181. The lowest BCUT2D eigenvalue weighted by Gasteiger charge is -2.14. The van der Waals surface area contributed by atoms with Gasteiger partial charge in [0.05, 0.1) is 5.92 Å². The number of nitrogen functional groups attached to an aromatic ring is 1. The van der Waals surface area contributed by atoms with E-state index in [-0.39, 0.29) is 37.1 Å². The van der Waals surface area contributed by atoms with E-state index in [0.29, 0.717) is 35.1 Å². The van der Waals surface area contributed by atoms with Crippen molar-refractivity contribution < 1.29 is 19.1 Å². The van der Waals surface area contributed by atoms with E-state index >= 15 is 0 Å². The number of hydrogen-bond donors (Lipinski definition) is 4. The van der Waals surface area contributed by atoms with Gasteiger partial charge in [0.15, 0.2) is 0 Å². The molecular weight excluding hydrogens is 453 g/mol. The summed E-state index contributed by atoms with van der Waals surface area (Å²) in [6, 6.07) is 14.7. The van der Waals surface area contributed by atoms with Crippen LogP contribution < -0.4 is 15.8 Å². The Morgan fingerprint density at radius 2 is 1.97 bits per heavy atom. The number of ether oxygens (including phenoxy) is 1. The van der Waals surface area contributed by atoms with E-state index in [0.717, 1.165) is 24.1 Å². The fourth-order valence-electron chi connectivity index (χ4n) is 3.81. The summed E-state index contributed by atoms with van der Waals surface area (Å²) in [6.45, 7) is 1.65. The number of nitrogens with two attached hydrogens (primary N) is 1. The predicted molar refractivity (Wildman–Crippen MR) is 129 cm³/mol. The molecule has 1 unspecified atom stereocenters. The summed E-state index contributed by atoms with van der Waals surface area (Å²) in [5, 5.41) is 21.5. The van der Waals surface area contributed by atoms with E-state index in [4.69, 9.17) is 20.3 Å². The van der Waals surface area contributed by atoms with Gasteiger partial charge in [0.25, 0.3) is 0 Å². The Labute approximate surface area is 198 Å². The first-order chi connectivity index (χ1) is 14.5. The van der Waals surface area contributed by atoms with E-state index in [1.165, 1.54) is 6.42 Å². The van der Waals surface area contributed by atoms with Gasteiger partial charge in [-0.3, -0.25) is 10.2 Å². The Morgan fingerprint density at radius 1 is 1.22 bits per heavy atom. The first-order valence-corrected chi connectivity index (χ1v) is 10.1. The molecule has 0 saturated carbocycles. The van der Waals surface area contributed by atoms with Gasteiger partial charge in [0.1, 0.15) is 29.5 Å². The van der Waals surface area contributed by atoms with Crippen LogP contribution in [0.4, 0.5) is 0 Å². The van der Waals surface area contributed by atoms with Crippen molar-refractivity contribution in [1.82, 2.24) is 5.32 Å². The second kappa shape index (κ2) is 11.2. The molecule has 0 radical (unpaired) electrons.